The minimum atomic E-state index is 0.152. The van der Waals surface area contributed by atoms with Crippen LogP contribution in [0.3, 0.4) is 0 Å². The predicted molar refractivity (Wildman–Crippen MR) is 135 cm³/mol. The summed E-state index contributed by atoms with van der Waals surface area (Å²) in [6, 6.07) is 15.0. The quantitative estimate of drug-likeness (QED) is 0.287. The van der Waals surface area contributed by atoms with Crippen LogP contribution in [0, 0.1) is 6.92 Å². The van der Waals surface area contributed by atoms with Crippen molar-refractivity contribution in [3.8, 4) is 22.6 Å². The predicted octanol–water partition coefficient (Wildman–Crippen LogP) is 4.43. The van der Waals surface area contributed by atoms with Crippen molar-refractivity contribution in [3.05, 3.63) is 54.2 Å². The number of rotatable bonds is 11. The molecule has 0 amide bonds. The van der Waals surface area contributed by atoms with Gasteiger partial charge in [-0.1, -0.05) is 19.1 Å². The first-order valence-electron chi connectivity index (χ1n) is 12.1. The van der Waals surface area contributed by atoms with Gasteiger partial charge in [-0.15, -0.1) is 0 Å². The maximum absolute atomic E-state index is 9.24. The van der Waals surface area contributed by atoms with Gasteiger partial charge in [0.1, 0.15) is 23.8 Å². The molecule has 34 heavy (non-hydrogen) atoms. The summed E-state index contributed by atoms with van der Waals surface area (Å²) in [7, 11) is 0. The molecule has 178 valence electrons. The van der Waals surface area contributed by atoms with E-state index in [9.17, 15) is 5.11 Å². The highest BCUT2D eigenvalue weighted by Gasteiger charge is 2.22. The average molecular weight is 461 g/mol. The zero-order chi connectivity index (χ0) is 23.5. The molecule has 1 fully saturated rings. The van der Waals surface area contributed by atoms with Crippen LogP contribution in [0.15, 0.2) is 48.7 Å². The van der Waals surface area contributed by atoms with E-state index < -0.39 is 0 Å². The smallest absolute Gasteiger partial charge is 0.147 e. The minimum Gasteiger partial charge on any atom is -0.490 e. The van der Waals surface area contributed by atoms with Crippen LogP contribution in [0.25, 0.3) is 33.1 Å². The van der Waals surface area contributed by atoms with E-state index in [-0.39, 0.29) is 6.61 Å². The Balaban J connectivity index is 1.51. The van der Waals surface area contributed by atoms with Crippen LogP contribution in [-0.4, -0.2) is 58.9 Å². The third-order valence-corrected chi connectivity index (χ3v) is 6.30. The second-order valence-electron chi connectivity index (χ2n) is 8.92. The highest BCUT2D eigenvalue weighted by molar-refractivity contribution is 6.15. The summed E-state index contributed by atoms with van der Waals surface area (Å²) in [4.78, 5) is 16.1. The number of aromatic nitrogens is 2. The van der Waals surface area contributed by atoms with Gasteiger partial charge in [0.25, 0.3) is 0 Å². The molecule has 2 heterocycles. The first-order chi connectivity index (χ1) is 16.7. The molecule has 0 unspecified atom stereocenters. The molecule has 0 bridgehead atoms. The number of aryl methyl sites for hydroxylation is 1. The van der Waals surface area contributed by atoms with Crippen molar-refractivity contribution >= 4 is 21.9 Å². The molecule has 0 saturated heterocycles. The first kappa shape index (κ1) is 22.7. The van der Waals surface area contributed by atoms with Crippen LogP contribution in [0.2, 0.25) is 0 Å². The topological polar surface area (TPSA) is 82.6 Å². The molecule has 1 aliphatic carbocycles. The lowest BCUT2D eigenvalue weighted by Crippen LogP contribution is -2.30. The van der Waals surface area contributed by atoms with Gasteiger partial charge < -0.3 is 19.7 Å². The Morgan fingerprint density at radius 1 is 1.18 bits per heavy atom. The first-order valence-corrected chi connectivity index (χ1v) is 12.1. The molecule has 4 aromatic rings. The molecular formula is C27H32N4O3. The lowest BCUT2D eigenvalue weighted by atomic mass is 9.99. The zero-order valence-corrected chi connectivity index (χ0v) is 19.8. The number of fused-ring (bicyclic) bond motifs is 3. The molecule has 0 radical (unpaired) electrons. The van der Waals surface area contributed by atoms with E-state index in [4.69, 9.17) is 9.57 Å². The van der Waals surface area contributed by atoms with Crippen molar-refractivity contribution in [1.29, 1.82) is 0 Å². The molecule has 1 aliphatic rings. The van der Waals surface area contributed by atoms with Crippen molar-refractivity contribution in [2.24, 2.45) is 0 Å². The van der Waals surface area contributed by atoms with Gasteiger partial charge in [0.15, 0.2) is 0 Å². The number of benzene rings is 2. The Morgan fingerprint density at radius 3 is 2.85 bits per heavy atom. The van der Waals surface area contributed by atoms with Crippen LogP contribution < -0.4 is 15.1 Å². The van der Waals surface area contributed by atoms with Crippen molar-refractivity contribution in [3.63, 3.8) is 0 Å². The minimum absolute atomic E-state index is 0.152. The Hall–Kier alpha value is -3.13. The summed E-state index contributed by atoms with van der Waals surface area (Å²) in [5.74, 6) is 1.60. The highest BCUT2D eigenvalue weighted by atomic mass is 16.6. The van der Waals surface area contributed by atoms with E-state index in [1.165, 1.54) is 12.8 Å². The normalized spacial score (nSPS) is 13.8. The fourth-order valence-corrected chi connectivity index (χ4v) is 4.26. The second kappa shape index (κ2) is 10.0. The number of aliphatic hydroxyl groups is 1. The van der Waals surface area contributed by atoms with Gasteiger partial charge in [0, 0.05) is 36.1 Å². The lowest BCUT2D eigenvalue weighted by molar-refractivity contribution is 0.174. The van der Waals surface area contributed by atoms with Gasteiger partial charge in [0.05, 0.1) is 12.1 Å². The number of hydrogen-bond acceptors (Lipinski definition) is 6. The summed E-state index contributed by atoms with van der Waals surface area (Å²) >= 11 is 0. The van der Waals surface area contributed by atoms with Gasteiger partial charge in [0.2, 0.25) is 0 Å². The Labute approximate surface area is 199 Å². The number of ether oxygens (including phenoxy) is 1. The molecule has 0 atom stereocenters. The summed E-state index contributed by atoms with van der Waals surface area (Å²) in [5.41, 5.74) is 8.20. The summed E-state index contributed by atoms with van der Waals surface area (Å²) in [5, 5.41) is 11.4. The van der Waals surface area contributed by atoms with Crippen LogP contribution in [0.4, 0.5) is 0 Å². The number of likely N-dealkylation sites (N-methyl/N-ethyl adjacent to an activating group) is 1. The van der Waals surface area contributed by atoms with Crippen LogP contribution >= 0.6 is 0 Å². The van der Waals surface area contributed by atoms with Crippen molar-refractivity contribution in [2.45, 2.75) is 32.7 Å². The maximum Gasteiger partial charge on any atom is 0.147 e. The standard InChI is InChI=1S/C27H32N4O3/c1-3-31(11-13-32)12-14-33-24-10-9-22(19-5-4-6-21(16-19)34-30-20-7-8-20)25-23-15-18(2)17-28-27(23)29-26(24)25/h4-6,9-10,15-17,20,30,32H,3,7-8,11-14H2,1-2H3,(H,28,29). The van der Waals surface area contributed by atoms with E-state index in [0.29, 0.717) is 19.2 Å². The lowest BCUT2D eigenvalue weighted by Gasteiger charge is -2.19. The Bertz CT molecular complexity index is 1280. The fraction of sp³-hybridized carbons (Fsp3) is 0.370. The monoisotopic (exact) mass is 460 g/mol. The molecule has 3 N–H and O–H groups in total. The van der Waals surface area contributed by atoms with E-state index >= 15 is 0 Å². The van der Waals surface area contributed by atoms with Crippen molar-refractivity contribution in [1.82, 2.24) is 20.3 Å². The Morgan fingerprint density at radius 2 is 2.06 bits per heavy atom. The number of hydrogen-bond donors (Lipinski definition) is 3. The van der Waals surface area contributed by atoms with Crippen LogP contribution in [0.1, 0.15) is 25.3 Å². The van der Waals surface area contributed by atoms with Crippen LogP contribution in [-0.2, 0) is 0 Å². The number of H-pyrrole nitrogens is 1. The zero-order valence-electron chi connectivity index (χ0n) is 19.8. The number of hydroxylamine groups is 1. The molecule has 1 saturated carbocycles. The molecule has 0 aliphatic heterocycles. The molecule has 7 heteroatoms. The van der Waals surface area contributed by atoms with E-state index in [2.05, 4.69) is 58.5 Å². The summed E-state index contributed by atoms with van der Waals surface area (Å²) < 4.78 is 6.23. The second-order valence-corrected chi connectivity index (χ2v) is 8.92. The summed E-state index contributed by atoms with van der Waals surface area (Å²) in [6.07, 6.45) is 4.21. The highest BCUT2D eigenvalue weighted by Crippen LogP contribution is 2.39. The number of aliphatic hydroxyl groups excluding tert-OH is 1. The third kappa shape index (κ3) is 4.87. The third-order valence-electron chi connectivity index (χ3n) is 6.30. The van der Waals surface area contributed by atoms with Gasteiger partial charge >= 0.3 is 0 Å². The number of nitrogens with one attached hydrogen (secondary N) is 2. The van der Waals surface area contributed by atoms with Gasteiger partial charge in [-0.2, -0.15) is 5.48 Å². The van der Waals surface area contributed by atoms with Crippen molar-refractivity contribution in [2.75, 3.05) is 32.8 Å². The largest absolute Gasteiger partial charge is 0.490 e. The molecule has 2 aromatic heterocycles. The molecule has 0 spiro atoms. The maximum atomic E-state index is 9.24. The van der Waals surface area contributed by atoms with E-state index in [1.54, 1.807) is 0 Å². The molecule has 7 nitrogen and oxygen atoms in total. The summed E-state index contributed by atoms with van der Waals surface area (Å²) in [6.45, 7) is 7.13. The van der Waals surface area contributed by atoms with Crippen LogP contribution in [0.5, 0.6) is 11.5 Å². The van der Waals surface area contributed by atoms with Gasteiger partial charge in [-0.05, 0) is 73.3 Å². The van der Waals surface area contributed by atoms with Gasteiger partial charge in [-0.3, -0.25) is 4.90 Å². The fourth-order valence-electron chi connectivity index (χ4n) is 4.26. The molecule has 5 rings (SSSR count). The number of nitrogens with zero attached hydrogens (tertiary/aromatic N) is 2. The number of pyridine rings is 1. The molecular weight excluding hydrogens is 428 g/mol. The Kier molecular flexibility index (Phi) is 6.67. The van der Waals surface area contributed by atoms with Crippen molar-refractivity contribution < 1.29 is 14.7 Å². The van der Waals surface area contributed by atoms with E-state index in [1.807, 2.05) is 24.4 Å². The van der Waals surface area contributed by atoms with Gasteiger partial charge in [-0.25, -0.2) is 4.98 Å². The molecule has 2 aromatic carbocycles. The average Bonchev–Trinajstić information content (AvgIpc) is 3.61. The van der Waals surface area contributed by atoms with E-state index in [0.717, 1.165) is 63.2 Å². The SMILES string of the molecule is CCN(CCO)CCOc1ccc(-c2cccc(ONC3CC3)c2)c2c1[nH]c1ncc(C)cc12. The number of aromatic amines is 1.